The molecule has 7 heteroatoms. The summed E-state index contributed by atoms with van der Waals surface area (Å²) in [5, 5.41) is 11.4. The predicted octanol–water partition coefficient (Wildman–Crippen LogP) is 0.709. The summed E-state index contributed by atoms with van der Waals surface area (Å²) in [5.74, 6) is -1.40. The van der Waals surface area contributed by atoms with Crippen molar-refractivity contribution in [3.8, 4) is 0 Å². The van der Waals surface area contributed by atoms with Crippen LogP contribution in [0.4, 0.5) is 5.82 Å². The molecule has 2 aromatic rings. The Hall–Kier alpha value is -2.57. The number of carboxylic acid groups (broad SMARTS) is 1. The van der Waals surface area contributed by atoms with E-state index in [1.807, 2.05) is 0 Å². The van der Waals surface area contributed by atoms with E-state index in [1.54, 1.807) is 37.0 Å². The van der Waals surface area contributed by atoms with Gasteiger partial charge in [-0.3, -0.25) is 4.79 Å². The maximum atomic E-state index is 11.9. The number of carbonyl (C=O) groups is 2. The number of aromatic nitrogens is 3. The van der Waals surface area contributed by atoms with Gasteiger partial charge in [0.2, 0.25) is 5.82 Å². The van der Waals surface area contributed by atoms with Crippen LogP contribution in [0.15, 0.2) is 24.5 Å². The molecule has 7 nitrogen and oxygen atoms in total. The number of nitrogens with one attached hydrogen (secondary N) is 1. The minimum atomic E-state index is -1.14. The van der Waals surface area contributed by atoms with E-state index in [-0.39, 0.29) is 17.5 Å². The lowest BCUT2D eigenvalue weighted by Gasteiger charge is -2.02. The van der Waals surface area contributed by atoms with E-state index in [0.29, 0.717) is 5.69 Å². The Kier molecular flexibility index (Phi) is 2.88. The van der Waals surface area contributed by atoms with E-state index in [2.05, 4.69) is 10.3 Å². The van der Waals surface area contributed by atoms with Crippen molar-refractivity contribution in [2.24, 2.45) is 14.1 Å². The van der Waals surface area contributed by atoms with Gasteiger partial charge >= 0.3 is 5.97 Å². The van der Waals surface area contributed by atoms with Crippen LogP contribution in [0.3, 0.4) is 0 Å². The molecule has 18 heavy (non-hydrogen) atoms. The van der Waals surface area contributed by atoms with Crippen LogP contribution in [0.5, 0.6) is 0 Å². The molecular weight excluding hydrogens is 236 g/mol. The number of aromatic carboxylic acids is 1. The molecule has 1 amide bonds. The zero-order chi connectivity index (χ0) is 13.3. The third-order valence-corrected chi connectivity index (χ3v) is 2.49. The standard InChI is InChI=1S/C11H12N4O3/c1-14-5-3-4-7(14)10(16)13-8-6-15(2)9(12-8)11(17)18/h3-6H,1-2H3,(H,13,16)(H,17,18). The van der Waals surface area contributed by atoms with Crippen molar-refractivity contribution in [3.63, 3.8) is 0 Å². The zero-order valence-corrected chi connectivity index (χ0v) is 9.91. The van der Waals surface area contributed by atoms with Crippen molar-refractivity contribution >= 4 is 17.7 Å². The van der Waals surface area contributed by atoms with Gasteiger partial charge in [-0.15, -0.1) is 0 Å². The molecule has 0 unspecified atom stereocenters. The number of imidazole rings is 1. The third kappa shape index (κ3) is 2.10. The normalized spacial score (nSPS) is 10.3. The van der Waals surface area contributed by atoms with Crippen LogP contribution in [0.1, 0.15) is 21.1 Å². The van der Waals surface area contributed by atoms with Gasteiger partial charge in [-0.2, -0.15) is 0 Å². The average Bonchev–Trinajstić information content (AvgIpc) is 2.84. The Balaban J connectivity index is 2.20. The molecule has 2 heterocycles. The second-order valence-corrected chi connectivity index (χ2v) is 3.82. The first-order valence-corrected chi connectivity index (χ1v) is 5.18. The lowest BCUT2D eigenvalue weighted by molar-refractivity contribution is 0.0679. The predicted molar refractivity (Wildman–Crippen MR) is 63.5 cm³/mol. The molecule has 0 bridgehead atoms. The van der Waals surface area contributed by atoms with Crippen molar-refractivity contribution in [1.29, 1.82) is 0 Å². The first kappa shape index (κ1) is 11.9. The summed E-state index contributed by atoms with van der Waals surface area (Å²) in [6.45, 7) is 0. The second kappa shape index (κ2) is 4.36. The van der Waals surface area contributed by atoms with Crippen molar-refractivity contribution in [2.75, 3.05) is 5.32 Å². The van der Waals surface area contributed by atoms with Crippen molar-refractivity contribution < 1.29 is 14.7 Å². The Morgan fingerprint density at radius 3 is 2.56 bits per heavy atom. The molecule has 0 aliphatic heterocycles. The van der Waals surface area contributed by atoms with E-state index in [0.717, 1.165) is 0 Å². The Morgan fingerprint density at radius 1 is 1.33 bits per heavy atom. The largest absolute Gasteiger partial charge is 0.475 e. The molecule has 0 fully saturated rings. The molecule has 0 aliphatic rings. The van der Waals surface area contributed by atoms with Crippen LogP contribution in [-0.4, -0.2) is 31.1 Å². The van der Waals surface area contributed by atoms with E-state index in [9.17, 15) is 9.59 Å². The zero-order valence-electron chi connectivity index (χ0n) is 9.91. The van der Waals surface area contributed by atoms with Crippen molar-refractivity contribution in [2.45, 2.75) is 0 Å². The first-order chi connectivity index (χ1) is 8.49. The topological polar surface area (TPSA) is 89.2 Å². The van der Waals surface area contributed by atoms with Crippen LogP contribution < -0.4 is 5.32 Å². The number of hydrogen-bond donors (Lipinski definition) is 2. The van der Waals surface area contributed by atoms with Gasteiger partial charge in [0, 0.05) is 26.5 Å². The van der Waals surface area contributed by atoms with Crippen molar-refractivity contribution in [3.05, 3.63) is 36.0 Å². The number of nitrogens with zero attached hydrogens (tertiary/aromatic N) is 3. The van der Waals surface area contributed by atoms with Crippen molar-refractivity contribution in [1.82, 2.24) is 14.1 Å². The molecule has 0 spiro atoms. The fourth-order valence-electron chi connectivity index (χ4n) is 1.60. The highest BCUT2D eigenvalue weighted by atomic mass is 16.4. The van der Waals surface area contributed by atoms with E-state index >= 15 is 0 Å². The molecule has 94 valence electrons. The summed E-state index contributed by atoms with van der Waals surface area (Å²) in [6.07, 6.45) is 3.19. The number of hydrogen-bond acceptors (Lipinski definition) is 3. The molecule has 0 saturated carbocycles. The highest BCUT2D eigenvalue weighted by Crippen LogP contribution is 2.09. The van der Waals surface area contributed by atoms with Crippen LogP contribution in [0, 0.1) is 0 Å². The molecular formula is C11H12N4O3. The fourth-order valence-corrected chi connectivity index (χ4v) is 1.60. The fraction of sp³-hybridized carbons (Fsp3) is 0.182. The van der Waals surface area contributed by atoms with Gasteiger partial charge in [-0.1, -0.05) is 0 Å². The molecule has 0 atom stereocenters. The van der Waals surface area contributed by atoms with Crippen LogP contribution in [0.25, 0.3) is 0 Å². The van der Waals surface area contributed by atoms with E-state index in [1.165, 1.54) is 10.8 Å². The summed E-state index contributed by atoms with van der Waals surface area (Å²) >= 11 is 0. The number of anilines is 1. The highest BCUT2D eigenvalue weighted by molar-refractivity contribution is 6.02. The number of carboxylic acids is 1. The van der Waals surface area contributed by atoms with Gasteiger partial charge in [0.15, 0.2) is 5.82 Å². The third-order valence-electron chi connectivity index (χ3n) is 2.49. The van der Waals surface area contributed by atoms with Crippen LogP contribution >= 0.6 is 0 Å². The Bertz CT molecular complexity index is 612. The second-order valence-electron chi connectivity index (χ2n) is 3.82. The van der Waals surface area contributed by atoms with Gasteiger partial charge in [0.25, 0.3) is 5.91 Å². The molecule has 2 rings (SSSR count). The van der Waals surface area contributed by atoms with E-state index < -0.39 is 5.97 Å². The Morgan fingerprint density at radius 2 is 2.06 bits per heavy atom. The Labute approximate surface area is 103 Å². The molecule has 0 radical (unpaired) electrons. The van der Waals surface area contributed by atoms with Gasteiger partial charge in [-0.05, 0) is 12.1 Å². The summed E-state index contributed by atoms with van der Waals surface area (Å²) in [6, 6.07) is 3.41. The molecule has 0 saturated heterocycles. The number of rotatable bonds is 3. The molecule has 0 aromatic carbocycles. The van der Waals surface area contributed by atoms with Crippen LogP contribution in [0.2, 0.25) is 0 Å². The van der Waals surface area contributed by atoms with Gasteiger partial charge in [-0.25, -0.2) is 9.78 Å². The first-order valence-electron chi connectivity index (χ1n) is 5.18. The lowest BCUT2D eigenvalue weighted by atomic mass is 10.4. The minimum absolute atomic E-state index is 0.128. The number of carbonyl (C=O) groups excluding carboxylic acids is 1. The quantitative estimate of drug-likeness (QED) is 0.837. The average molecular weight is 248 g/mol. The maximum absolute atomic E-state index is 11.9. The smallest absolute Gasteiger partial charge is 0.372 e. The SMILES string of the molecule is Cn1cccc1C(=O)Nc1cn(C)c(C(=O)O)n1. The van der Waals surface area contributed by atoms with Gasteiger partial charge < -0.3 is 19.6 Å². The van der Waals surface area contributed by atoms with Crippen LogP contribution in [-0.2, 0) is 14.1 Å². The monoisotopic (exact) mass is 248 g/mol. The number of amides is 1. The maximum Gasteiger partial charge on any atom is 0.372 e. The van der Waals surface area contributed by atoms with Gasteiger partial charge in [0.1, 0.15) is 5.69 Å². The molecule has 2 N–H and O–H groups in total. The summed E-state index contributed by atoms with van der Waals surface area (Å²) in [4.78, 5) is 26.5. The summed E-state index contributed by atoms with van der Waals surface area (Å²) < 4.78 is 3.00. The highest BCUT2D eigenvalue weighted by Gasteiger charge is 2.15. The molecule has 2 aromatic heterocycles. The molecule has 0 aliphatic carbocycles. The summed E-state index contributed by atoms with van der Waals surface area (Å²) in [5.41, 5.74) is 0.470. The lowest BCUT2D eigenvalue weighted by Crippen LogP contribution is -2.15. The van der Waals surface area contributed by atoms with Gasteiger partial charge in [0.05, 0.1) is 0 Å². The van der Waals surface area contributed by atoms with E-state index in [4.69, 9.17) is 5.11 Å². The summed E-state index contributed by atoms with van der Waals surface area (Å²) in [7, 11) is 3.30. The minimum Gasteiger partial charge on any atom is -0.475 e. The number of aryl methyl sites for hydroxylation is 2.